The monoisotopic (exact) mass is 132 g/mol. The predicted octanol–water partition coefficient (Wildman–Crippen LogP) is 1.74. The Balaban J connectivity index is 2.08. The highest BCUT2D eigenvalue weighted by molar-refractivity contribution is 4.62. The van der Waals surface area contributed by atoms with Crippen LogP contribution in [0.4, 0.5) is 0 Å². The van der Waals surface area contributed by atoms with E-state index < -0.39 is 0 Å². The second kappa shape index (κ2) is 3.82. The lowest BCUT2D eigenvalue weighted by molar-refractivity contribution is -0.507. The maximum absolute atomic E-state index is 7.90. The van der Waals surface area contributed by atoms with Gasteiger partial charge in [-0.1, -0.05) is 24.3 Å². The molecule has 0 aliphatic heterocycles. The van der Waals surface area contributed by atoms with Crippen LogP contribution >= 0.6 is 0 Å². The third-order valence-electron chi connectivity index (χ3n) is 1.73. The zero-order valence-corrected chi connectivity index (χ0v) is 5.38. The van der Waals surface area contributed by atoms with Gasteiger partial charge in [-0.05, 0) is 12.8 Å². The maximum atomic E-state index is 7.90. The molecular weight excluding hydrogens is 120 g/mol. The van der Waals surface area contributed by atoms with Crippen molar-refractivity contribution in [1.82, 2.24) is 0 Å². The quantitative estimate of drug-likeness (QED) is 0.459. The van der Waals surface area contributed by atoms with E-state index in [1.807, 2.05) is 0 Å². The lowest BCUT2D eigenvalue weighted by atomic mass is 9.98. The lowest BCUT2D eigenvalue weighted by Gasteiger charge is -2.18. The van der Waals surface area contributed by atoms with Crippen LogP contribution in [0.5, 0.6) is 0 Å². The highest BCUT2D eigenvalue weighted by atomic mass is 17.5. The van der Waals surface area contributed by atoms with Gasteiger partial charge in [0.15, 0.2) is 0 Å². The van der Waals surface area contributed by atoms with E-state index in [4.69, 9.17) is 5.26 Å². The van der Waals surface area contributed by atoms with Crippen molar-refractivity contribution in [3.63, 3.8) is 0 Å². The minimum Gasteiger partial charge on any atom is -0.221 e. The Kier molecular flexibility index (Phi) is 2.97. The van der Waals surface area contributed by atoms with Gasteiger partial charge < -0.3 is 0 Å². The molecule has 0 amide bonds. The first-order chi connectivity index (χ1) is 4.43. The van der Waals surface area contributed by atoms with Crippen LogP contribution in [-0.2, 0) is 9.93 Å². The van der Waals surface area contributed by atoms with Gasteiger partial charge in [0.25, 0.3) is 0 Å². The van der Waals surface area contributed by atoms with Gasteiger partial charge in [-0.3, -0.25) is 0 Å². The molecule has 0 heterocycles. The fourth-order valence-corrected chi connectivity index (χ4v) is 1.22. The molecule has 0 aromatic heterocycles. The molecule has 3 heteroatoms. The summed E-state index contributed by atoms with van der Waals surface area (Å²) in [5.74, 6) is 0. The molecule has 1 aliphatic rings. The predicted molar refractivity (Wildman–Crippen MR) is 31.7 cm³/mol. The van der Waals surface area contributed by atoms with E-state index >= 15 is 0 Å². The van der Waals surface area contributed by atoms with Gasteiger partial charge in [-0.2, -0.15) is 0 Å². The summed E-state index contributed by atoms with van der Waals surface area (Å²) in [6, 6.07) is 0. The second-order valence-electron chi connectivity index (χ2n) is 2.43. The average Bonchev–Trinajstić information content (AvgIpc) is 1.91. The number of hydrogen-bond donors (Lipinski definition) is 1. The summed E-state index contributed by atoms with van der Waals surface area (Å²) in [4.78, 5) is 4.54. The number of hydrogen-bond acceptors (Lipinski definition) is 3. The number of rotatable bonds is 2. The molecule has 1 rings (SSSR count). The molecule has 1 N–H and O–H groups in total. The maximum Gasteiger partial charge on any atom is 0.0961 e. The van der Waals surface area contributed by atoms with Gasteiger partial charge in [0.1, 0.15) is 0 Å². The Labute approximate surface area is 54.4 Å². The van der Waals surface area contributed by atoms with E-state index in [1.54, 1.807) is 0 Å². The van der Waals surface area contributed by atoms with Crippen LogP contribution in [0, 0.1) is 0 Å². The average molecular weight is 132 g/mol. The smallest absolute Gasteiger partial charge is 0.0961 e. The second-order valence-corrected chi connectivity index (χ2v) is 2.43. The summed E-state index contributed by atoms with van der Waals surface area (Å²) in [5.41, 5.74) is 0. The molecule has 3 nitrogen and oxygen atoms in total. The normalized spacial score (nSPS) is 22.3. The van der Waals surface area contributed by atoms with E-state index in [9.17, 15) is 0 Å². The summed E-state index contributed by atoms with van der Waals surface area (Å²) in [5, 5.41) is 11.5. The Morgan fingerprint density at radius 3 is 2.33 bits per heavy atom. The molecule has 0 spiro atoms. The van der Waals surface area contributed by atoms with Gasteiger partial charge >= 0.3 is 0 Å². The molecule has 0 atom stereocenters. The van der Waals surface area contributed by atoms with Crippen molar-refractivity contribution in [2.45, 2.75) is 38.2 Å². The third kappa shape index (κ3) is 2.30. The minimum atomic E-state index is 0.128. The largest absolute Gasteiger partial charge is 0.221 e. The highest BCUT2D eigenvalue weighted by Crippen LogP contribution is 2.19. The third-order valence-corrected chi connectivity index (χ3v) is 1.73. The molecule has 0 bridgehead atoms. The Hall–Kier alpha value is -0.120. The zero-order chi connectivity index (χ0) is 6.53. The first kappa shape index (κ1) is 6.99. The molecule has 0 aromatic rings. The fourth-order valence-electron chi connectivity index (χ4n) is 1.22. The summed E-state index contributed by atoms with van der Waals surface area (Å²) in [7, 11) is 0. The zero-order valence-electron chi connectivity index (χ0n) is 5.38. The molecule has 0 aromatic carbocycles. The van der Waals surface area contributed by atoms with Gasteiger partial charge in [0, 0.05) is 0 Å². The van der Waals surface area contributed by atoms with E-state index in [2.05, 4.69) is 9.93 Å². The minimum absolute atomic E-state index is 0.128. The summed E-state index contributed by atoms with van der Waals surface area (Å²) < 4.78 is 0. The molecule has 9 heavy (non-hydrogen) atoms. The Morgan fingerprint density at radius 2 is 1.78 bits per heavy atom. The SMILES string of the molecule is OOOC1CCCCC1. The molecule has 1 fully saturated rings. The van der Waals surface area contributed by atoms with Crippen LogP contribution in [0.3, 0.4) is 0 Å². The first-order valence-corrected chi connectivity index (χ1v) is 3.40. The standard InChI is InChI=1S/C6H12O3/c7-9-8-6-4-2-1-3-5-6/h6-7H,1-5H2. The van der Waals surface area contributed by atoms with E-state index in [0.717, 1.165) is 12.8 Å². The van der Waals surface area contributed by atoms with Gasteiger partial charge in [-0.25, -0.2) is 10.1 Å². The Bertz CT molecular complexity index is 65.9. The van der Waals surface area contributed by atoms with Gasteiger partial charge in [0.05, 0.1) is 6.10 Å². The molecule has 54 valence electrons. The summed E-state index contributed by atoms with van der Waals surface area (Å²) in [6.07, 6.45) is 5.82. The molecule has 1 saturated carbocycles. The van der Waals surface area contributed by atoms with Gasteiger partial charge in [-0.15, -0.1) is 0 Å². The molecule has 0 radical (unpaired) electrons. The van der Waals surface area contributed by atoms with Crippen LogP contribution in [0.25, 0.3) is 0 Å². The van der Waals surface area contributed by atoms with Crippen LogP contribution in [0.15, 0.2) is 0 Å². The van der Waals surface area contributed by atoms with E-state index in [1.165, 1.54) is 19.3 Å². The van der Waals surface area contributed by atoms with Crippen LogP contribution < -0.4 is 0 Å². The van der Waals surface area contributed by atoms with Gasteiger partial charge in [0.2, 0.25) is 0 Å². The van der Waals surface area contributed by atoms with Crippen LogP contribution in [0.2, 0.25) is 0 Å². The molecule has 0 unspecified atom stereocenters. The van der Waals surface area contributed by atoms with Crippen LogP contribution in [-0.4, -0.2) is 11.4 Å². The molecule has 1 aliphatic carbocycles. The topological polar surface area (TPSA) is 38.7 Å². The molecular formula is C6H12O3. The summed E-state index contributed by atoms with van der Waals surface area (Å²) in [6.45, 7) is 0. The van der Waals surface area contributed by atoms with Crippen molar-refractivity contribution >= 4 is 0 Å². The van der Waals surface area contributed by atoms with Crippen molar-refractivity contribution < 1.29 is 15.2 Å². The lowest BCUT2D eigenvalue weighted by Crippen LogP contribution is -2.15. The molecule has 0 saturated heterocycles. The Morgan fingerprint density at radius 1 is 1.11 bits per heavy atom. The highest BCUT2D eigenvalue weighted by Gasteiger charge is 2.13. The van der Waals surface area contributed by atoms with Crippen molar-refractivity contribution in [3.05, 3.63) is 0 Å². The summed E-state index contributed by atoms with van der Waals surface area (Å²) >= 11 is 0. The first-order valence-electron chi connectivity index (χ1n) is 3.40. The van der Waals surface area contributed by atoms with E-state index in [-0.39, 0.29) is 6.10 Å². The van der Waals surface area contributed by atoms with E-state index in [0.29, 0.717) is 0 Å². The van der Waals surface area contributed by atoms with Crippen molar-refractivity contribution in [1.29, 1.82) is 0 Å². The van der Waals surface area contributed by atoms with Crippen molar-refractivity contribution in [2.24, 2.45) is 0 Å². The van der Waals surface area contributed by atoms with Crippen LogP contribution in [0.1, 0.15) is 32.1 Å². The fraction of sp³-hybridized carbons (Fsp3) is 1.00. The van der Waals surface area contributed by atoms with Crippen molar-refractivity contribution in [2.75, 3.05) is 0 Å². The van der Waals surface area contributed by atoms with Crippen molar-refractivity contribution in [3.8, 4) is 0 Å².